The van der Waals surface area contributed by atoms with Gasteiger partial charge in [0.1, 0.15) is 0 Å². The van der Waals surface area contributed by atoms with Crippen LogP contribution in [0, 0.1) is 13.7 Å². The first-order valence-corrected chi connectivity index (χ1v) is 4.58. The highest BCUT2D eigenvalue weighted by atomic mass is 127. The van der Waals surface area contributed by atoms with Gasteiger partial charge in [-0.15, -0.1) is 0 Å². The van der Waals surface area contributed by atoms with Crippen LogP contribution in [0.25, 0.3) is 0 Å². The third-order valence-corrected chi connectivity index (χ3v) is 2.41. The van der Waals surface area contributed by atoms with E-state index in [-0.39, 0.29) is 5.69 Å². The van der Waals surface area contributed by atoms with Crippen LogP contribution in [-0.2, 0) is 0 Å². The van der Waals surface area contributed by atoms with Crippen molar-refractivity contribution in [3.05, 3.63) is 36.4 Å². The van der Waals surface area contributed by atoms with E-state index in [4.69, 9.17) is 0 Å². The van der Waals surface area contributed by atoms with Gasteiger partial charge in [-0.05, 0) is 50.7 Å². The van der Waals surface area contributed by atoms with Gasteiger partial charge < -0.3 is 0 Å². The quantitative estimate of drug-likeness (QED) is 0.452. The SMILES string of the molecule is O=[N+]([O-])c1ccc(I)cc1Br. The molecule has 0 heterocycles. The van der Waals surface area contributed by atoms with E-state index in [1.54, 1.807) is 12.1 Å². The molecule has 0 aliphatic carbocycles. The first kappa shape index (κ1) is 8.92. The van der Waals surface area contributed by atoms with E-state index in [9.17, 15) is 10.1 Å². The summed E-state index contributed by atoms with van der Waals surface area (Å²) in [5.41, 5.74) is 0.102. The van der Waals surface area contributed by atoms with Crippen LogP contribution in [0.15, 0.2) is 22.7 Å². The fourth-order valence-corrected chi connectivity index (χ4v) is 2.07. The molecule has 1 rings (SSSR count). The maximum atomic E-state index is 10.3. The van der Waals surface area contributed by atoms with Gasteiger partial charge in [0.05, 0.1) is 9.40 Å². The lowest BCUT2D eigenvalue weighted by Crippen LogP contribution is -1.88. The zero-order chi connectivity index (χ0) is 8.43. The Morgan fingerprint density at radius 3 is 2.64 bits per heavy atom. The van der Waals surface area contributed by atoms with Crippen molar-refractivity contribution in [2.45, 2.75) is 0 Å². The lowest BCUT2D eigenvalue weighted by atomic mass is 10.3. The highest BCUT2D eigenvalue weighted by molar-refractivity contribution is 14.1. The Balaban J connectivity index is 3.20. The molecule has 58 valence electrons. The smallest absolute Gasteiger partial charge is 0.258 e. The number of benzene rings is 1. The van der Waals surface area contributed by atoms with Crippen molar-refractivity contribution < 1.29 is 4.92 Å². The second-order valence-electron chi connectivity index (χ2n) is 1.85. The van der Waals surface area contributed by atoms with E-state index in [0.29, 0.717) is 4.47 Å². The molecule has 1 aromatic carbocycles. The fraction of sp³-hybridized carbons (Fsp3) is 0. The van der Waals surface area contributed by atoms with Gasteiger partial charge in [0.2, 0.25) is 0 Å². The first-order valence-electron chi connectivity index (χ1n) is 2.70. The molecule has 0 spiro atoms. The Labute approximate surface area is 85.2 Å². The summed E-state index contributed by atoms with van der Waals surface area (Å²) < 4.78 is 1.49. The number of nitro groups is 1. The average molecular weight is 328 g/mol. The minimum Gasteiger partial charge on any atom is -0.258 e. The van der Waals surface area contributed by atoms with Gasteiger partial charge in [-0.1, -0.05) is 0 Å². The molecule has 0 aliphatic rings. The second kappa shape index (κ2) is 3.48. The van der Waals surface area contributed by atoms with Crippen molar-refractivity contribution in [3.8, 4) is 0 Å². The van der Waals surface area contributed by atoms with E-state index in [0.717, 1.165) is 3.57 Å². The number of nitro benzene ring substituents is 1. The van der Waals surface area contributed by atoms with Crippen LogP contribution in [0.3, 0.4) is 0 Å². The Morgan fingerprint density at radius 1 is 1.55 bits per heavy atom. The van der Waals surface area contributed by atoms with E-state index in [1.807, 2.05) is 0 Å². The van der Waals surface area contributed by atoms with E-state index in [2.05, 4.69) is 38.5 Å². The van der Waals surface area contributed by atoms with Crippen molar-refractivity contribution in [1.29, 1.82) is 0 Å². The summed E-state index contributed by atoms with van der Waals surface area (Å²) >= 11 is 5.19. The standard InChI is InChI=1S/C6H3BrINO2/c7-5-3-4(8)1-2-6(5)9(10)11/h1-3H. The molecule has 0 atom stereocenters. The summed E-state index contributed by atoms with van der Waals surface area (Å²) in [7, 11) is 0. The van der Waals surface area contributed by atoms with Crippen LogP contribution in [0.2, 0.25) is 0 Å². The van der Waals surface area contributed by atoms with Crippen LogP contribution in [-0.4, -0.2) is 4.92 Å². The van der Waals surface area contributed by atoms with E-state index < -0.39 is 4.92 Å². The number of nitrogens with zero attached hydrogens (tertiary/aromatic N) is 1. The molecule has 1 aromatic rings. The first-order chi connectivity index (χ1) is 5.11. The molecule has 5 heteroatoms. The van der Waals surface area contributed by atoms with Crippen LogP contribution >= 0.6 is 38.5 Å². The summed E-state index contributed by atoms with van der Waals surface area (Å²) in [6.45, 7) is 0. The van der Waals surface area contributed by atoms with Crippen LogP contribution in [0.5, 0.6) is 0 Å². The van der Waals surface area contributed by atoms with Crippen molar-refractivity contribution >= 4 is 44.2 Å². The lowest BCUT2D eigenvalue weighted by Gasteiger charge is -1.94. The minimum atomic E-state index is -0.417. The predicted octanol–water partition coefficient (Wildman–Crippen LogP) is 2.96. The molecule has 0 N–H and O–H groups in total. The Hall–Kier alpha value is -0.170. The largest absolute Gasteiger partial charge is 0.283 e. The predicted molar refractivity (Wildman–Crippen MR) is 53.5 cm³/mol. The highest BCUT2D eigenvalue weighted by Crippen LogP contribution is 2.25. The van der Waals surface area contributed by atoms with E-state index in [1.165, 1.54) is 6.07 Å². The average Bonchev–Trinajstić information content (AvgIpc) is 1.85. The Bertz CT molecular complexity index is 303. The molecule has 0 fully saturated rings. The molecule has 0 saturated carbocycles. The number of hydrogen-bond donors (Lipinski definition) is 0. The third-order valence-electron chi connectivity index (χ3n) is 1.11. The summed E-state index contributed by atoms with van der Waals surface area (Å²) in [5, 5.41) is 10.3. The molecule has 11 heavy (non-hydrogen) atoms. The van der Waals surface area contributed by atoms with Crippen molar-refractivity contribution in [1.82, 2.24) is 0 Å². The van der Waals surface area contributed by atoms with Crippen molar-refractivity contribution in [2.24, 2.45) is 0 Å². The molecule has 0 saturated heterocycles. The summed E-state index contributed by atoms with van der Waals surface area (Å²) in [4.78, 5) is 9.89. The molecule has 0 radical (unpaired) electrons. The van der Waals surface area contributed by atoms with E-state index >= 15 is 0 Å². The number of rotatable bonds is 1. The highest BCUT2D eigenvalue weighted by Gasteiger charge is 2.09. The Kier molecular flexibility index (Phi) is 2.83. The molecule has 0 amide bonds. The minimum absolute atomic E-state index is 0.102. The molecular weight excluding hydrogens is 325 g/mol. The van der Waals surface area contributed by atoms with Crippen LogP contribution < -0.4 is 0 Å². The molecular formula is C6H3BrINO2. The molecule has 0 bridgehead atoms. The molecule has 0 aliphatic heterocycles. The maximum Gasteiger partial charge on any atom is 0.283 e. The normalized spacial score (nSPS) is 9.64. The zero-order valence-electron chi connectivity index (χ0n) is 5.25. The summed E-state index contributed by atoms with van der Waals surface area (Å²) in [6.07, 6.45) is 0. The fourth-order valence-electron chi connectivity index (χ4n) is 0.629. The van der Waals surface area contributed by atoms with Gasteiger partial charge in [-0.3, -0.25) is 10.1 Å². The topological polar surface area (TPSA) is 43.1 Å². The van der Waals surface area contributed by atoms with Gasteiger partial charge in [0.25, 0.3) is 5.69 Å². The second-order valence-corrected chi connectivity index (χ2v) is 3.95. The lowest BCUT2D eigenvalue weighted by molar-refractivity contribution is -0.385. The maximum absolute atomic E-state index is 10.3. The van der Waals surface area contributed by atoms with Gasteiger partial charge in [0.15, 0.2) is 0 Å². The van der Waals surface area contributed by atoms with Crippen LogP contribution in [0.4, 0.5) is 5.69 Å². The van der Waals surface area contributed by atoms with Crippen molar-refractivity contribution in [3.63, 3.8) is 0 Å². The summed E-state index contributed by atoms with van der Waals surface area (Å²) in [6, 6.07) is 4.88. The zero-order valence-corrected chi connectivity index (χ0v) is 9.00. The molecule has 0 aromatic heterocycles. The third kappa shape index (κ3) is 2.13. The molecule has 3 nitrogen and oxygen atoms in total. The van der Waals surface area contributed by atoms with Gasteiger partial charge in [-0.2, -0.15) is 0 Å². The number of halogens is 2. The van der Waals surface area contributed by atoms with Gasteiger partial charge in [-0.25, -0.2) is 0 Å². The van der Waals surface area contributed by atoms with Crippen LogP contribution in [0.1, 0.15) is 0 Å². The van der Waals surface area contributed by atoms with Crippen molar-refractivity contribution in [2.75, 3.05) is 0 Å². The number of hydrogen-bond acceptors (Lipinski definition) is 2. The van der Waals surface area contributed by atoms with Gasteiger partial charge >= 0.3 is 0 Å². The van der Waals surface area contributed by atoms with Gasteiger partial charge in [0, 0.05) is 9.64 Å². The summed E-state index contributed by atoms with van der Waals surface area (Å²) in [5.74, 6) is 0. The monoisotopic (exact) mass is 327 g/mol. The molecule has 0 unspecified atom stereocenters. The Morgan fingerprint density at radius 2 is 2.18 bits per heavy atom.